The highest BCUT2D eigenvalue weighted by molar-refractivity contribution is 7.09. The number of hydrogen-bond donors (Lipinski definition) is 3. The fourth-order valence-corrected chi connectivity index (χ4v) is 2.30. The number of nitrogens with zero attached hydrogens (tertiary/aromatic N) is 2. The van der Waals surface area contributed by atoms with E-state index in [1.807, 2.05) is 26.2 Å². The number of nitrogens with one attached hydrogen (secondary N) is 1. The molecule has 100 valence electrons. The fourth-order valence-electron chi connectivity index (χ4n) is 1.65. The van der Waals surface area contributed by atoms with Gasteiger partial charge in [0, 0.05) is 11.6 Å². The number of rotatable bonds is 5. The number of oxime groups is 1. The van der Waals surface area contributed by atoms with Gasteiger partial charge in [-0.25, -0.2) is 4.98 Å². The molecular weight excluding hydrogens is 252 g/mol. The van der Waals surface area contributed by atoms with Crippen LogP contribution in [0.1, 0.15) is 31.8 Å². The van der Waals surface area contributed by atoms with Crippen molar-refractivity contribution < 1.29 is 10.0 Å². The van der Waals surface area contributed by atoms with E-state index in [2.05, 4.69) is 15.5 Å². The molecule has 6 nitrogen and oxygen atoms in total. The highest BCUT2D eigenvalue weighted by atomic mass is 32.1. The Hall–Kier alpha value is -1.63. The van der Waals surface area contributed by atoms with Crippen molar-refractivity contribution in [3.05, 3.63) is 16.6 Å². The van der Waals surface area contributed by atoms with E-state index in [9.17, 15) is 4.79 Å². The third kappa shape index (κ3) is 3.43. The molecule has 0 saturated carbocycles. The Morgan fingerprint density at radius 1 is 1.56 bits per heavy atom. The molecule has 1 rings (SSSR count). The Balaban J connectivity index is 2.74. The van der Waals surface area contributed by atoms with Crippen LogP contribution in [0.3, 0.4) is 0 Å². The van der Waals surface area contributed by atoms with Crippen molar-refractivity contribution >= 4 is 23.1 Å². The predicted molar refractivity (Wildman–Crippen MR) is 70.4 cm³/mol. The number of amidine groups is 1. The smallest absolute Gasteiger partial charge is 0.231 e. The van der Waals surface area contributed by atoms with Gasteiger partial charge < -0.3 is 16.3 Å². The molecule has 0 radical (unpaired) electrons. The monoisotopic (exact) mass is 270 g/mol. The molecule has 0 saturated heterocycles. The number of aromatic nitrogens is 1. The minimum absolute atomic E-state index is 0.0515. The van der Waals surface area contributed by atoms with Crippen LogP contribution in [0.2, 0.25) is 0 Å². The molecule has 18 heavy (non-hydrogen) atoms. The van der Waals surface area contributed by atoms with Crippen LogP contribution in [0.4, 0.5) is 0 Å². The van der Waals surface area contributed by atoms with Crippen LogP contribution in [0.15, 0.2) is 16.7 Å². The molecule has 0 aliphatic carbocycles. The van der Waals surface area contributed by atoms with Crippen molar-refractivity contribution in [3.63, 3.8) is 0 Å². The second-order valence-corrected chi connectivity index (χ2v) is 5.27. The van der Waals surface area contributed by atoms with E-state index >= 15 is 0 Å². The highest BCUT2D eigenvalue weighted by Gasteiger charge is 2.28. The lowest BCUT2D eigenvalue weighted by atomic mass is 9.93. The summed E-state index contributed by atoms with van der Waals surface area (Å²) >= 11 is 1.47. The van der Waals surface area contributed by atoms with Gasteiger partial charge in [-0.1, -0.05) is 19.0 Å². The largest absolute Gasteiger partial charge is 0.409 e. The molecule has 1 aromatic heterocycles. The topological polar surface area (TPSA) is 101 Å². The molecule has 0 fully saturated rings. The number of carbonyl (C=O) groups is 1. The minimum atomic E-state index is -0.641. The maximum Gasteiger partial charge on any atom is 0.231 e. The van der Waals surface area contributed by atoms with E-state index in [4.69, 9.17) is 10.9 Å². The zero-order valence-corrected chi connectivity index (χ0v) is 11.4. The SMILES string of the molecule is CC(NC(=O)C(C(N)=NO)C(C)C)c1nccs1. The molecule has 0 spiro atoms. The van der Waals surface area contributed by atoms with E-state index in [-0.39, 0.29) is 23.7 Å². The molecule has 0 aliphatic rings. The molecule has 0 aliphatic heterocycles. The van der Waals surface area contributed by atoms with Gasteiger partial charge in [-0.3, -0.25) is 4.79 Å². The Kier molecular flexibility index (Phi) is 5.08. The summed E-state index contributed by atoms with van der Waals surface area (Å²) in [5.74, 6) is -1.03. The Labute approximate surface area is 110 Å². The first-order valence-electron chi connectivity index (χ1n) is 5.64. The summed E-state index contributed by atoms with van der Waals surface area (Å²) in [6.07, 6.45) is 1.69. The van der Waals surface area contributed by atoms with Gasteiger partial charge in [-0.2, -0.15) is 0 Å². The van der Waals surface area contributed by atoms with Crippen LogP contribution >= 0.6 is 11.3 Å². The van der Waals surface area contributed by atoms with E-state index in [1.54, 1.807) is 6.20 Å². The van der Waals surface area contributed by atoms with Crippen LogP contribution in [0.5, 0.6) is 0 Å². The van der Waals surface area contributed by atoms with E-state index in [1.165, 1.54) is 11.3 Å². The second kappa shape index (κ2) is 6.34. The maximum atomic E-state index is 12.1. The van der Waals surface area contributed by atoms with Crippen molar-refractivity contribution in [2.45, 2.75) is 26.8 Å². The second-order valence-electron chi connectivity index (χ2n) is 4.35. The van der Waals surface area contributed by atoms with Crippen molar-refractivity contribution in [1.82, 2.24) is 10.3 Å². The lowest BCUT2D eigenvalue weighted by Crippen LogP contribution is -2.42. The summed E-state index contributed by atoms with van der Waals surface area (Å²) < 4.78 is 0. The minimum Gasteiger partial charge on any atom is -0.409 e. The summed E-state index contributed by atoms with van der Waals surface area (Å²) in [7, 11) is 0. The van der Waals surface area contributed by atoms with Crippen LogP contribution in [0, 0.1) is 11.8 Å². The van der Waals surface area contributed by atoms with Crippen molar-refractivity contribution in [2.75, 3.05) is 0 Å². The van der Waals surface area contributed by atoms with Crippen molar-refractivity contribution in [1.29, 1.82) is 0 Å². The lowest BCUT2D eigenvalue weighted by Gasteiger charge is -2.21. The summed E-state index contributed by atoms with van der Waals surface area (Å²) in [4.78, 5) is 16.2. The number of thiazole rings is 1. The summed E-state index contributed by atoms with van der Waals surface area (Å²) in [5, 5.41) is 17.1. The van der Waals surface area contributed by atoms with Crippen LogP contribution < -0.4 is 11.1 Å². The van der Waals surface area contributed by atoms with Gasteiger partial charge >= 0.3 is 0 Å². The molecule has 0 aromatic carbocycles. The van der Waals surface area contributed by atoms with Crippen LogP contribution in [0.25, 0.3) is 0 Å². The first-order chi connectivity index (χ1) is 8.47. The number of hydrogen-bond acceptors (Lipinski definition) is 5. The van der Waals surface area contributed by atoms with E-state index in [0.717, 1.165) is 5.01 Å². The quantitative estimate of drug-likeness (QED) is 0.325. The zero-order chi connectivity index (χ0) is 13.7. The maximum absolute atomic E-state index is 12.1. The average Bonchev–Trinajstić information content (AvgIpc) is 2.81. The molecule has 1 aromatic rings. The highest BCUT2D eigenvalue weighted by Crippen LogP contribution is 2.17. The van der Waals surface area contributed by atoms with E-state index < -0.39 is 5.92 Å². The molecule has 4 N–H and O–H groups in total. The van der Waals surface area contributed by atoms with Crippen LogP contribution in [-0.4, -0.2) is 21.9 Å². The van der Waals surface area contributed by atoms with Gasteiger partial charge in [-0.15, -0.1) is 11.3 Å². The van der Waals surface area contributed by atoms with Gasteiger partial charge in [0.05, 0.1) is 6.04 Å². The standard InChI is InChI=1S/C11H18N4O2S/c1-6(2)8(9(12)15-17)10(16)14-7(3)11-13-4-5-18-11/h4-8,17H,1-3H3,(H2,12,15)(H,14,16). The van der Waals surface area contributed by atoms with E-state index in [0.29, 0.717) is 0 Å². The third-order valence-electron chi connectivity index (χ3n) is 2.56. The van der Waals surface area contributed by atoms with Gasteiger partial charge in [0.2, 0.25) is 5.91 Å². The lowest BCUT2D eigenvalue weighted by molar-refractivity contribution is -0.124. The number of amides is 1. The average molecular weight is 270 g/mol. The van der Waals surface area contributed by atoms with Gasteiger partial charge in [-0.05, 0) is 12.8 Å². The molecule has 2 unspecified atom stereocenters. The molecular formula is C11H18N4O2S. The Morgan fingerprint density at radius 2 is 2.22 bits per heavy atom. The first-order valence-corrected chi connectivity index (χ1v) is 6.52. The predicted octanol–water partition coefficient (Wildman–Crippen LogP) is 1.34. The van der Waals surface area contributed by atoms with Crippen molar-refractivity contribution in [3.8, 4) is 0 Å². The molecule has 0 bridgehead atoms. The Morgan fingerprint density at radius 3 is 2.67 bits per heavy atom. The van der Waals surface area contributed by atoms with Crippen LogP contribution in [-0.2, 0) is 4.79 Å². The normalized spacial score (nSPS) is 15.4. The first kappa shape index (κ1) is 14.4. The van der Waals surface area contributed by atoms with Gasteiger partial charge in [0.25, 0.3) is 0 Å². The fraction of sp³-hybridized carbons (Fsp3) is 0.545. The summed E-state index contributed by atoms with van der Waals surface area (Å²) in [6.45, 7) is 5.53. The van der Waals surface area contributed by atoms with Gasteiger partial charge in [0.1, 0.15) is 10.9 Å². The molecule has 2 atom stereocenters. The zero-order valence-electron chi connectivity index (χ0n) is 10.6. The number of carbonyl (C=O) groups excluding carboxylic acids is 1. The van der Waals surface area contributed by atoms with Gasteiger partial charge in [0.15, 0.2) is 5.84 Å². The molecule has 1 heterocycles. The third-order valence-corrected chi connectivity index (χ3v) is 3.52. The molecule has 1 amide bonds. The Bertz CT molecular complexity index is 417. The van der Waals surface area contributed by atoms with Crippen molar-refractivity contribution in [2.24, 2.45) is 22.7 Å². The summed E-state index contributed by atoms with van der Waals surface area (Å²) in [6, 6.07) is -0.190. The molecule has 7 heteroatoms. The number of nitrogens with two attached hydrogens (primary N) is 1. The summed E-state index contributed by atoms with van der Waals surface area (Å²) in [5.41, 5.74) is 5.54.